The van der Waals surface area contributed by atoms with Crippen molar-refractivity contribution in [1.82, 2.24) is 5.32 Å². The lowest BCUT2D eigenvalue weighted by Gasteiger charge is -2.21. The molecule has 0 radical (unpaired) electrons. The molecule has 0 spiro atoms. The van der Waals surface area contributed by atoms with E-state index in [0.29, 0.717) is 13.0 Å². The lowest BCUT2D eigenvalue weighted by molar-refractivity contribution is -0.137. The number of carbonyl (C=O) groups excluding carboxylic acids is 2. The van der Waals surface area contributed by atoms with E-state index in [9.17, 15) is 9.59 Å². The molecule has 0 heterocycles. The maximum atomic E-state index is 11.6. The van der Waals surface area contributed by atoms with E-state index in [0.717, 1.165) is 18.4 Å². The fourth-order valence-electron chi connectivity index (χ4n) is 1.96. The lowest BCUT2D eigenvalue weighted by Crippen LogP contribution is -2.37. The van der Waals surface area contributed by atoms with E-state index in [1.54, 1.807) is 6.92 Å². The zero-order valence-electron chi connectivity index (χ0n) is 12.1. The largest absolute Gasteiger partial charge is 0.463 e. The zero-order valence-corrected chi connectivity index (χ0v) is 12.1. The Bertz CT molecular complexity index is 368. The maximum Gasteiger partial charge on any atom is 0.407 e. The molecular formula is C14H23NO4. The molecule has 5 heteroatoms. The molecular weight excluding hydrogens is 246 g/mol. The summed E-state index contributed by atoms with van der Waals surface area (Å²) in [4.78, 5) is 22.9. The summed E-state index contributed by atoms with van der Waals surface area (Å²) < 4.78 is 10.1. The summed E-state index contributed by atoms with van der Waals surface area (Å²) in [6, 6.07) is 0.0375. The van der Waals surface area contributed by atoms with Gasteiger partial charge in [0.1, 0.15) is 5.60 Å². The summed E-state index contributed by atoms with van der Waals surface area (Å²) >= 11 is 0. The van der Waals surface area contributed by atoms with Gasteiger partial charge < -0.3 is 14.8 Å². The number of nitrogens with one attached hydrogen (secondary N) is 1. The van der Waals surface area contributed by atoms with Gasteiger partial charge in [-0.1, -0.05) is 5.57 Å². The van der Waals surface area contributed by atoms with E-state index in [2.05, 4.69) is 5.32 Å². The molecule has 5 nitrogen and oxygen atoms in total. The molecule has 0 aliphatic heterocycles. The minimum Gasteiger partial charge on any atom is -0.463 e. The maximum absolute atomic E-state index is 11.6. The van der Waals surface area contributed by atoms with Crippen LogP contribution in [0.5, 0.6) is 0 Å². The summed E-state index contributed by atoms with van der Waals surface area (Å²) in [5.41, 5.74) is 0.520. The SMILES string of the molecule is CCOC(=O)/C=C1\CCC(NC(=O)OC(C)(C)C)C1. The monoisotopic (exact) mass is 269 g/mol. The minimum atomic E-state index is -0.494. The van der Waals surface area contributed by atoms with Gasteiger partial charge in [-0.2, -0.15) is 0 Å². The fourth-order valence-corrected chi connectivity index (χ4v) is 1.96. The molecule has 1 unspecified atom stereocenters. The molecule has 1 amide bonds. The zero-order chi connectivity index (χ0) is 14.5. The van der Waals surface area contributed by atoms with Crippen LogP contribution in [0.2, 0.25) is 0 Å². The summed E-state index contributed by atoms with van der Waals surface area (Å²) in [5.74, 6) is -0.310. The Morgan fingerprint density at radius 1 is 1.42 bits per heavy atom. The van der Waals surface area contributed by atoms with Gasteiger partial charge in [0.2, 0.25) is 0 Å². The third-order valence-electron chi connectivity index (χ3n) is 2.65. The molecule has 1 atom stereocenters. The third kappa shape index (κ3) is 6.27. The summed E-state index contributed by atoms with van der Waals surface area (Å²) in [5, 5.41) is 2.82. The van der Waals surface area contributed by atoms with Crippen molar-refractivity contribution in [3.05, 3.63) is 11.6 Å². The van der Waals surface area contributed by atoms with Crippen LogP contribution in [0.25, 0.3) is 0 Å². The number of amides is 1. The molecule has 19 heavy (non-hydrogen) atoms. The van der Waals surface area contributed by atoms with E-state index in [1.165, 1.54) is 6.08 Å². The lowest BCUT2D eigenvalue weighted by atomic mass is 10.2. The molecule has 1 fully saturated rings. The van der Waals surface area contributed by atoms with E-state index in [-0.39, 0.29) is 12.0 Å². The van der Waals surface area contributed by atoms with Crippen molar-refractivity contribution in [2.45, 2.75) is 58.6 Å². The predicted molar refractivity (Wildman–Crippen MR) is 71.7 cm³/mol. The Balaban J connectivity index is 2.40. The van der Waals surface area contributed by atoms with Gasteiger partial charge in [-0.05, 0) is 47.0 Å². The van der Waals surface area contributed by atoms with Crippen LogP contribution in [0.3, 0.4) is 0 Å². The van der Waals surface area contributed by atoms with E-state index < -0.39 is 11.7 Å². The van der Waals surface area contributed by atoms with Gasteiger partial charge >= 0.3 is 12.1 Å². The molecule has 1 saturated carbocycles. The van der Waals surface area contributed by atoms with Crippen LogP contribution < -0.4 is 5.32 Å². The Morgan fingerprint density at radius 2 is 2.11 bits per heavy atom. The van der Waals surface area contributed by atoms with Gasteiger partial charge in [-0.25, -0.2) is 9.59 Å². The second-order valence-electron chi connectivity index (χ2n) is 5.64. The van der Waals surface area contributed by atoms with Gasteiger partial charge in [0.05, 0.1) is 6.61 Å². The molecule has 0 aromatic heterocycles. The van der Waals surface area contributed by atoms with E-state index in [1.807, 2.05) is 20.8 Å². The highest BCUT2D eigenvalue weighted by Gasteiger charge is 2.24. The highest BCUT2D eigenvalue weighted by Crippen LogP contribution is 2.25. The molecule has 0 aromatic rings. The first-order valence-corrected chi connectivity index (χ1v) is 6.66. The third-order valence-corrected chi connectivity index (χ3v) is 2.65. The molecule has 1 N–H and O–H groups in total. The first kappa shape index (κ1) is 15.5. The summed E-state index contributed by atoms with van der Waals surface area (Å²) in [6.45, 7) is 7.63. The molecule has 1 aliphatic rings. The molecule has 0 aromatic carbocycles. The van der Waals surface area contributed by atoms with Crippen LogP contribution in [0.4, 0.5) is 4.79 Å². The number of hydrogen-bond donors (Lipinski definition) is 1. The van der Waals surface area contributed by atoms with Gasteiger partial charge in [-0.3, -0.25) is 0 Å². The fraction of sp³-hybridized carbons (Fsp3) is 0.714. The molecule has 108 valence electrons. The highest BCUT2D eigenvalue weighted by molar-refractivity contribution is 5.82. The van der Waals surface area contributed by atoms with Crippen molar-refractivity contribution >= 4 is 12.1 Å². The molecule has 0 saturated heterocycles. The van der Waals surface area contributed by atoms with Gasteiger partial charge in [-0.15, -0.1) is 0 Å². The average molecular weight is 269 g/mol. The topological polar surface area (TPSA) is 64.6 Å². The smallest absolute Gasteiger partial charge is 0.407 e. The second-order valence-corrected chi connectivity index (χ2v) is 5.64. The number of rotatable bonds is 3. The first-order valence-electron chi connectivity index (χ1n) is 6.66. The number of hydrogen-bond acceptors (Lipinski definition) is 4. The van der Waals surface area contributed by atoms with E-state index in [4.69, 9.17) is 9.47 Å². The number of esters is 1. The van der Waals surface area contributed by atoms with Crippen molar-refractivity contribution in [3.8, 4) is 0 Å². The Hall–Kier alpha value is -1.52. The Kier molecular flexibility index (Phi) is 5.39. The van der Waals surface area contributed by atoms with Crippen LogP contribution in [-0.2, 0) is 14.3 Å². The van der Waals surface area contributed by atoms with Crippen LogP contribution >= 0.6 is 0 Å². The normalized spacial score (nSPS) is 21.3. The first-order chi connectivity index (χ1) is 8.80. The van der Waals surface area contributed by atoms with Crippen LogP contribution in [0.15, 0.2) is 11.6 Å². The number of alkyl carbamates (subject to hydrolysis) is 1. The summed E-state index contributed by atoms with van der Waals surface area (Å²) in [6.07, 6.45) is 3.43. The Labute approximate surface area is 114 Å². The molecule has 1 rings (SSSR count). The van der Waals surface area contributed by atoms with Crippen LogP contribution in [0.1, 0.15) is 47.0 Å². The van der Waals surface area contributed by atoms with Crippen LogP contribution in [-0.4, -0.2) is 30.3 Å². The molecule has 0 bridgehead atoms. The van der Waals surface area contributed by atoms with Crippen molar-refractivity contribution in [3.63, 3.8) is 0 Å². The average Bonchev–Trinajstić information content (AvgIpc) is 2.62. The second kappa shape index (κ2) is 6.59. The highest BCUT2D eigenvalue weighted by atomic mass is 16.6. The number of carbonyl (C=O) groups is 2. The number of ether oxygens (including phenoxy) is 2. The van der Waals surface area contributed by atoms with Crippen molar-refractivity contribution in [2.24, 2.45) is 0 Å². The van der Waals surface area contributed by atoms with Gasteiger partial charge in [0.15, 0.2) is 0 Å². The van der Waals surface area contributed by atoms with E-state index >= 15 is 0 Å². The van der Waals surface area contributed by atoms with Crippen molar-refractivity contribution < 1.29 is 19.1 Å². The van der Waals surface area contributed by atoms with Crippen molar-refractivity contribution in [1.29, 1.82) is 0 Å². The minimum absolute atomic E-state index is 0.0375. The van der Waals surface area contributed by atoms with Crippen LogP contribution in [0, 0.1) is 0 Å². The predicted octanol–water partition coefficient (Wildman–Crippen LogP) is 2.55. The standard InChI is InChI=1S/C14H23NO4/c1-5-18-12(16)9-10-6-7-11(8-10)15-13(17)19-14(2,3)4/h9,11H,5-8H2,1-4H3,(H,15,17)/b10-9+. The van der Waals surface area contributed by atoms with Gasteiger partial charge in [0, 0.05) is 12.1 Å². The molecule has 1 aliphatic carbocycles. The van der Waals surface area contributed by atoms with Gasteiger partial charge in [0.25, 0.3) is 0 Å². The summed E-state index contributed by atoms with van der Waals surface area (Å²) in [7, 11) is 0. The van der Waals surface area contributed by atoms with Crippen molar-refractivity contribution in [2.75, 3.05) is 6.61 Å². The quantitative estimate of drug-likeness (QED) is 0.631. The Morgan fingerprint density at radius 3 is 2.68 bits per heavy atom.